The van der Waals surface area contributed by atoms with Crippen molar-refractivity contribution < 1.29 is 13.2 Å². The Morgan fingerprint density at radius 1 is 1.29 bits per heavy atom. The Balaban J connectivity index is 2.20. The number of rotatable bonds is 5. The molecule has 0 bridgehead atoms. The highest BCUT2D eigenvalue weighted by atomic mass is 32.2. The molecular weight excluding hydrogens is 288 g/mol. The molecule has 1 aromatic rings. The van der Waals surface area contributed by atoms with Gasteiger partial charge in [0.15, 0.2) is 0 Å². The van der Waals surface area contributed by atoms with Gasteiger partial charge in [-0.25, -0.2) is 8.42 Å². The molecule has 1 fully saturated rings. The molecule has 1 aliphatic rings. The highest BCUT2D eigenvalue weighted by Gasteiger charge is 2.39. The van der Waals surface area contributed by atoms with Crippen LogP contribution in [-0.4, -0.2) is 31.7 Å². The standard InChI is InChI=1S/C15H22N2O3S/c1-3-4-12-5-7-13(8-6-12)21(19,20)17-9-11(2)14(10-17)15(16)18/h5-8,11,14H,3-4,9-10H2,1-2H3,(H2,16,18)/t11-,14-/m1/s1. The van der Waals surface area contributed by atoms with Crippen molar-refractivity contribution in [3.8, 4) is 0 Å². The van der Waals surface area contributed by atoms with Crippen molar-refractivity contribution in [2.45, 2.75) is 31.6 Å². The zero-order chi connectivity index (χ0) is 15.6. The minimum atomic E-state index is -3.54. The third kappa shape index (κ3) is 3.27. The Hall–Kier alpha value is -1.40. The van der Waals surface area contributed by atoms with E-state index in [2.05, 4.69) is 6.92 Å². The van der Waals surface area contributed by atoms with Gasteiger partial charge in [-0.3, -0.25) is 4.79 Å². The number of amides is 1. The second kappa shape index (κ2) is 6.15. The number of nitrogens with zero attached hydrogens (tertiary/aromatic N) is 1. The normalized spacial score (nSPS) is 23.3. The second-order valence-electron chi connectivity index (χ2n) is 5.70. The third-order valence-electron chi connectivity index (χ3n) is 4.04. The summed E-state index contributed by atoms with van der Waals surface area (Å²) in [5.74, 6) is -0.880. The third-order valence-corrected chi connectivity index (χ3v) is 5.89. The number of aryl methyl sites for hydroxylation is 1. The van der Waals surface area contributed by atoms with Crippen LogP contribution in [0.25, 0.3) is 0 Å². The first kappa shape index (κ1) is 16.0. The Morgan fingerprint density at radius 2 is 1.90 bits per heavy atom. The van der Waals surface area contributed by atoms with E-state index in [1.807, 2.05) is 19.1 Å². The van der Waals surface area contributed by atoms with Crippen LogP contribution in [0.5, 0.6) is 0 Å². The van der Waals surface area contributed by atoms with Gasteiger partial charge in [0.2, 0.25) is 15.9 Å². The van der Waals surface area contributed by atoms with E-state index in [0.717, 1.165) is 18.4 Å². The summed E-state index contributed by atoms with van der Waals surface area (Å²) in [5.41, 5.74) is 6.45. The molecule has 2 rings (SSSR count). The Morgan fingerprint density at radius 3 is 2.38 bits per heavy atom. The van der Waals surface area contributed by atoms with Gasteiger partial charge in [-0.05, 0) is 30.0 Å². The van der Waals surface area contributed by atoms with Crippen LogP contribution in [0.1, 0.15) is 25.8 Å². The number of sulfonamides is 1. The van der Waals surface area contributed by atoms with Gasteiger partial charge in [-0.1, -0.05) is 32.4 Å². The first-order valence-electron chi connectivity index (χ1n) is 7.24. The molecule has 6 heteroatoms. The van der Waals surface area contributed by atoms with E-state index in [1.165, 1.54) is 4.31 Å². The maximum atomic E-state index is 12.6. The molecule has 116 valence electrons. The van der Waals surface area contributed by atoms with Crippen molar-refractivity contribution in [1.82, 2.24) is 4.31 Å². The SMILES string of the molecule is CCCc1ccc(S(=O)(=O)N2C[C@@H](C)[C@H](C(N)=O)C2)cc1. The highest BCUT2D eigenvalue weighted by Crippen LogP contribution is 2.28. The molecule has 5 nitrogen and oxygen atoms in total. The fourth-order valence-electron chi connectivity index (χ4n) is 2.75. The van der Waals surface area contributed by atoms with Gasteiger partial charge in [0.25, 0.3) is 0 Å². The van der Waals surface area contributed by atoms with Crippen LogP contribution < -0.4 is 5.73 Å². The monoisotopic (exact) mass is 310 g/mol. The first-order valence-corrected chi connectivity index (χ1v) is 8.68. The van der Waals surface area contributed by atoms with Gasteiger partial charge in [0.05, 0.1) is 10.8 Å². The van der Waals surface area contributed by atoms with E-state index < -0.39 is 21.8 Å². The van der Waals surface area contributed by atoms with Crippen molar-refractivity contribution in [3.63, 3.8) is 0 Å². The van der Waals surface area contributed by atoms with Crippen LogP contribution in [0.15, 0.2) is 29.2 Å². The summed E-state index contributed by atoms with van der Waals surface area (Å²) in [6.07, 6.45) is 1.96. The molecule has 0 saturated carbocycles. The lowest BCUT2D eigenvalue weighted by molar-refractivity contribution is -0.122. The number of hydrogen-bond donors (Lipinski definition) is 1. The van der Waals surface area contributed by atoms with E-state index in [4.69, 9.17) is 5.73 Å². The number of carbonyl (C=O) groups excluding carboxylic acids is 1. The lowest BCUT2D eigenvalue weighted by Gasteiger charge is -2.16. The molecule has 21 heavy (non-hydrogen) atoms. The van der Waals surface area contributed by atoms with Gasteiger partial charge in [0.1, 0.15) is 0 Å². The first-order chi connectivity index (χ1) is 9.86. The predicted molar refractivity (Wildman–Crippen MR) is 81.0 cm³/mol. The largest absolute Gasteiger partial charge is 0.369 e. The Labute approximate surface area is 126 Å². The fraction of sp³-hybridized carbons (Fsp3) is 0.533. The maximum absolute atomic E-state index is 12.6. The van der Waals surface area contributed by atoms with Crippen LogP contribution in [0.3, 0.4) is 0 Å². The summed E-state index contributed by atoms with van der Waals surface area (Å²) >= 11 is 0. The molecule has 1 amide bonds. The van der Waals surface area contributed by atoms with Crippen LogP contribution in [0, 0.1) is 11.8 Å². The van der Waals surface area contributed by atoms with Crippen molar-refractivity contribution in [2.75, 3.05) is 13.1 Å². The van der Waals surface area contributed by atoms with E-state index in [9.17, 15) is 13.2 Å². The summed E-state index contributed by atoms with van der Waals surface area (Å²) < 4.78 is 26.5. The Kier molecular flexibility index (Phi) is 4.68. The molecule has 2 N–H and O–H groups in total. The minimum Gasteiger partial charge on any atom is -0.369 e. The van der Waals surface area contributed by atoms with Gasteiger partial charge < -0.3 is 5.73 Å². The zero-order valence-corrected chi connectivity index (χ0v) is 13.3. The topological polar surface area (TPSA) is 80.5 Å². The van der Waals surface area contributed by atoms with Crippen molar-refractivity contribution in [1.29, 1.82) is 0 Å². The quantitative estimate of drug-likeness (QED) is 0.892. The van der Waals surface area contributed by atoms with E-state index in [0.29, 0.717) is 6.54 Å². The lowest BCUT2D eigenvalue weighted by atomic mass is 9.98. The molecule has 1 aromatic carbocycles. The van der Waals surface area contributed by atoms with Crippen molar-refractivity contribution in [2.24, 2.45) is 17.6 Å². The highest BCUT2D eigenvalue weighted by molar-refractivity contribution is 7.89. The van der Waals surface area contributed by atoms with Gasteiger partial charge in [-0.15, -0.1) is 0 Å². The fourth-order valence-corrected chi connectivity index (χ4v) is 4.32. The summed E-state index contributed by atoms with van der Waals surface area (Å²) in [7, 11) is -3.54. The molecule has 1 heterocycles. The molecule has 1 aliphatic heterocycles. The summed E-state index contributed by atoms with van der Waals surface area (Å²) in [5, 5.41) is 0. The predicted octanol–water partition coefficient (Wildman–Crippen LogP) is 1.38. The number of hydrogen-bond acceptors (Lipinski definition) is 3. The van der Waals surface area contributed by atoms with E-state index in [-0.39, 0.29) is 17.4 Å². The second-order valence-corrected chi connectivity index (χ2v) is 7.64. The number of benzene rings is 1. The summed E-state index contributed by atoms with van der Waals surface area (Å²) in [6.45, 7) is 4.46. The molecule has 0 unspecified atom stereocenters. The van der Waals surface area contributed by atoms with Crippen molar-refractivity contribution in [3.05, 3.63) is 29.8 Å². The zero-order valence-electron chi connectivity index (χ0n) is 12.5. The lowest BCUT2D eigenvalue weighted by Crippen LogP contribution is -2.32. The van der Waals surface area contributed by atoms with Crippen LogP contribution in [-0.2, 0) is 21.2 Å². The smallest absolute Gasteiger partial charge is 0.243 e. The molecular formula is C15H22N2O3S. The van der Waals surface area contributed by atoms with Crippen LogP contribution in [0.2, 0.25) is 0 Å². The summed E-state index contributed by atoms with van der Waals surface area (Å²) in [4.78, 5) is 11.6. The Bertz CT molecular complexity index is 610. The number of nitrogens with two attached hydrogens (primary N) is 1. The van der Waals surface area contributed by atoms with Crippen molar-refractivity contribution >= 4 is 15.9 Å². The average Bonchev–Trinajstić information content (AvgIpc) is 2.83. The average molecular weight is 310 g/mol. The minimum absolute atomic E-state index is 0.0448. The van der Waals surface area contributed by atoms with E-state index in [1.54, 1.807) is 12.1 Å². The molecule has 0 spiro atoms. The van der Waals surface area contributed by atoms with E-state index >= 15 is 0 Å². The van der Waals surface area contributed by atoms with Crippen LogP contribution >= 0.6 is 0 Å². The number of primary amides is 1. The van der Waals surface area contributed by atoms with Crippen LogP contribution in [0.4, 0.5) is 0 Å². The van der Waals surface area contributed by atoms with Gasteiger partial charge in [0, 0.05) is 13.1 Å². The molecule has 0 radical (unpaired) electrons. The molecule has 0 aromatic heterocycles. The maximum Gasteiger partial charge on any atom is 0.243 e. The summed E-state index contributed by atoms with van der Waals surface area (Å²) in [6, 6.07) is 6.98. The van der Waals surface area contributed by atoms with Gasteiger partial charge >= 0.3 is 0 Å². The number of carbonyl (C=O) groups is 1. The van der Waals surface area contributed by atoms with Gasteiger partial charge in [-0.2, -0.15) is 4.31 Å². The molecule has 2 atom stereocenters. The molecule has 0 aliphatic carbocycles. The molecule has 1 saturated heterocycles.